The highest BCUT2D eigenvalue weighted by atomic mass is 16.6. The number of aryl methyl sites for hydroxylation is 1. The standard InChI is InChI=1S/C21H20N4O6/c1-4-31-20(27)14-5-8-16(9-6-14)24-12(2)11-15(13(24)3)7-10-17-18(25(29)30)19(26)23-21(28)22-17/h5-11H,4H2,1-3H3,(H2,22,23,26,28)/b10-7+. The molecule has 1 aromatic carbocycles. The van der Waals surface area contributed by atoms with Crippen LogP contribution >= 0.6 is 0 Å². The van der Waals surface area contributed by atoms with E-state index < -0.39 is 27.8 Å². The Hall–Kier alpha value is -4.21. The summed E-state index contributed by atoms with van der Waals surface area (Å²) in [6.07, 6.45) is 2.91. The maximum atomic E-state index is 11.8. The molecule has 2 N–H and O–H groups in total. The number of rotatable bonds is 6. The van der Waals surface area contributed by atoms with E-state index in [9.17, 15) is 24.5 Å². The predicted molar refractivity (Wildman–Crippen MR) is 114 cm³/mol. The van der Waals surface area contributed by atoms with Gasteiger partial charge in [-0.2, -0.15) is 0 Å². The first-order valence-corrected chi connectivity index (χ1v) is 9.38. The second-order valence-corrected chi connectivity index (χ2v) is 6.69. The van der Waals surface area contributed by atoms with Crippen LogP contribution < -0.4 is 11.2 Å². The first-order valence-electron chi connectivity index (χ1n) is 9.38. The fourth-order valence-electron chi connectivity index (χ4n) is 3.29. The summed E-state index contributed by atoms with van der Waals surface area (Å²) >= 11 is 0. The Morgan fingerprint density at radius 3 is 2.45 bits per heavy atom. The highest BCUT2D eigenvalue weighted by molar-refractivity contribution is 5.89. The Morgan fingerprint density at radius 1 is 1.16 bits per heavy atom. The number of H-pyrrole nitrogens is 2. The van der Waals surface area contributed by atoms with E-state index in [1.54, 1.807) is 37.3 Å². The highest BCUT2D eigenvalue weighted by Crippen LogP contribution is 2.23. The average molecular weight is 424 g/mol. The van der Waals surface area contributed by atoms with Gasteiger partial charge in [0.1, 0.15) is 5.69 Å². The van der Waals surface area contributed by atoms with Gasteiger partial charge >= 0.3 is 22.9 Å². The lowest BCUT2D eigenvalue weighted by Gasteiger charge is -2.10. The molecule has 0 spiro atoms. The van der Waals surface area contributed by atoms with E-state index in [1.807, 2.05) is 29.5 Å². The molecular formula is C21H20N4O6. The highest BCUT2D eigenvalue weighted by Gasteiger charge is 2.19. The summed E-state index contributed by atoms with van der Waals surface area (Å²) in [6, 6.07) is 8.79. The molecule has 3 aromatic rings. The van der Waals surface area contributed by atoms with Gasteiger partial charge in [0.05, 0.1) is 17.1 Å². The summed E-state index contributed by atoms with van der Waals surface area (Å²) in [4.78, 5) is 49.6. The van der Waals surface area contributed by atoms with E-state index in [2.05, 4.69) is 4.98 Å². The SMILES string of the molecule is CCOC(=O)c1ccc(-n2c(C)cc(/C=C/c3[nH]c(=O)[nH]c(=O)c3[N+](=O)[O-])c2C)cc1. The molecule has 10 heteroatoms. The lowest BCUT2D eigenvalue weighted by atomic mass is 10.2. The number of aromatic amines is 2. The van der Waals surface area contributed by atoms with Crippen LogP contribution in [0.2, 0.25) is 0 Å². The quantitative estimate of drug-likeness (QED) is 0.354. The molecular weight excluding hydrogens is 404 g/mol. The van der Waals surface area contributed by atoms with Gasteiger partial charge in [-0.25, -0.2) is 9.59 Å². The van der Waals surface area contributed by atoms with Crippen LogP contribution in [0.3, 0.4) is 0 Å². The fraction of sp³-hybridized carbons (Fsp3) is 0.190. The number of nitrogens with zero attached hydrogens (tertiary/aromatic N) is 2. The summed E-state index contributed by atoms with van der Waals surface area (Å²) in [5.41, 5.74) is 0.881. The van der Waals surface area contributed by atoms with E-state index in [0.717, 1.165) is 22.6 Å². The van der Waals surface area contributed by atoms with Gasteiger partial charge in [-0.05, 0) is 62.7 Å². The average Bonchev–Trinajstić information content (AvgIpc) is 2.99. The molecule has 31 heavy (non-hydrogen) atoms. The summed E-state index contributed by atoms with van der Waals surface area (Å²) in [6.45, 7) is 5.79. The lowest BCUT2D eigenvalue weighted by Crippen LogP contribution is -2.25. The summed E-state index contributed by atoms with van der Waals surface area (Å²) < 4.78 is 6.94. The second kappa shape index (κ2) is 8.66. The van der Waals surface area contributed by atoms with Gasteiger partial charge in [-0.3, -0.25) is 19.9 Å². The van der Waals surface area contributed by atoms with Crippen molar-refractivity contribution in [2.45, 2.75) is 20.8 Å². The van der Waals surface area contributed by atoms with E-state index in [1.165, 1.54) is 6.08 Å². The molecule has 160 valence electrons. The third-order valence-electron chi connectivity index (χ3n) is 4.66. The van der Waals surface area contributed by atoms with E-state index in [4.69, 9.17) is 4.74 Å². The van der Waals surface area contributed by atoms with Gasteiger partial charge < -0.3 is 14.3 Å². The Morgan fingerprint density at radius 2 is 1.84 bits per heavy atom. The van der Waals surface area contributed by atoms with Gasteiger partial charge in [0.15, 0.2) is 0 Å². The van der Waals surface area contributed by atoms with Crippen molar-refractivity contribution in [3.8, 4) is 5.69 Å². The molecule has 0 saturated heterocycles. The Balaban J connectivity index is 1.98. The smallest absolute Gasteiger partial charge is 0.357 e. The number of nitro groups is 1. The minimum atomic E-state index is -1.07. The van der Waals surface area contributed by atoms with Crippen molar-refractivity contribution >= 4 is 23.8 Å². The normalized spacial score (nSPS) is 11.1. The van der Waals surface area contributed by atoms with E-state index in [0.29, 0.717) is 12.2 Å². The molecule has 0 aliphatic rings. The zero-order chi connectivity index (χ0) is 22.7. The summed E-state index contributed by atoms with van der Waals surface area (Å²) in [5, 5.41) is 11.2. The number of hydrogen-bond acceptors (Lipinski definition) is 6. The van der Waals surface area contributed by atoms with Crippen molar-refractivity contribution in [1.82, 2.24) is 14.5 Å². The number of nitrogens with one attached hydrogen (secondary N) is 2. The molecule has 0 aliphatic heterocycles. The zero-order valence-corrected chi connectivity index (χ0v) is 17.1. The molecule has 10 nitrogen and oxygen atoms in total. The Labute approximate surface area is 176 Å². The number of benzene rings is 1. The van der Waals surface area contributed by atoms with Gasteiger partial charge in [-0.15, -0.1) is 0 Å². The van der Waals surface area contributed by atoms with Crippen LogP contribution in [0.25, 0.3) is 17.8 Å². The molecule has 0 saturated carbocycles. The predicted octanol–water partition coefficient (Wildman–Crippen LogP) is 2.73. The Bertz CT molecular complexity index is 1290. The molecule has 0 amide bonds. The maximum absolute atomic E-state index is 11.8. The molecule has 0 aliphatic carbocycles. The molecule has 0 fully saturated rings. The number of ether oxygens (including phenoxy) is 1. The van der Waals surface area contributed by atoms with Crippen molar-refractivity contribution in [2.75, 3.05) is 6.61 Å². The van der Waals surface area contributed by atoms with Crippen LogP contribution in [0.1, 0.15) is 39.9 Å². The lowest BCUT2D eigenvalue weighted by molar-refractivity contribution is -0.386. The van der Waals surface area contributed by atoms with Crippen LogP contribution in [0.4, 0.5) is 5.69 Å². The van der Waals surface area contributed by atoms with E-state index >= 15 is 0 Å². The first kappa shape index (κ1) is 21.5. The van der Waals surface area contributed by atoms with Crippen LogP contribution in [0.15, 0.2) is 39.9 Å². The third-order valence-corrected chi connectivity index (χ3v) is 4.66. The molecule has 3 rings (SSSR count). The summed E-state index contributed by atoms with van der Waals surface area (Å²) in [5.74, 6) is -0.396. The topological polar surface area (TPSA) is 140 Å². The molecule has 0 atom stereocenters. The van der Waals surface area contributed by atoms with Crippen molar-refractivity contribution in [2.24, 2.45) is 0 Å². The van der Waals surface area contributed by atoms with Gasteiger partial charge in [0.25, 0.3) is 0 Å². The van der Waals surface area contributed by atoms with Crippen molar-refractivity contribution < 1.29 is 14.5 Å². The Kier molecular flexibility index (Phi) is 6.00. The fourth-order valence-corrected chi connectivity index (χ4v) is 3.29. The van der Waals surface area contributed by atoms with Gasteiger partial charge in [0.2, 0.25) is 0 Å². The third kappa shape index (κ3) is 4.37. The molecule has 2 heterocycles. The maximum Gasteiger partial charge on any atom is 0.357 e. The van der Waals surface area contributed by atoms with Crippen LogP contribution in [0, 0.1) is 24.0 Å². The van der Waals surface area contributed by atoms with E-state index in [-0.39, 0.29) is 5.69 Å². The minimum absolute atomic E-state index is 0.192. The van der Waals surface area contributed by atoms with Crippen molar-refractivity contribution in [3.05, 3.63) is 89.5 Å². The molecule has 0 unspecified atom stereocenters. The monoisotopic (exact) mass is 424 g/mol. The van der Waals surface area contributed by atoms with Crippen LogP contribution in [-0.2, 0) is 4.74 Å². The summed E-state index contributed by atoms with van der Waals surface area (Å²) in [7, 11) is 0. The molecule has 0 bridgehead atoms. The number of carbonyl (C=O) groups is 1. The largest absolute Gasteiger partial charge is 0.462 e. The van der Waals surface area contributed by atoms with Crippen LogP contribution in [-0.4, -0.2) is 32.0 Å². The van der Waals surface area contributed by atoms with Gasteiger partial charge in [-0.1, -0.05) is 6.08 Å². The number of aromatic nitrogens is 3. The van der Waals surface area contributed by atoms with Gasteiger partial charge in [0, 0.05) is 17.1 Å². The zero-order valence-electron chi connectivity index (χ0n) is 17.1. The van der Waals surface area contributed by atoms with Crippen molar-refractivity contribution in [1.29, 1.82) is 0 Å². The second-order valence-electron chi connectivity index (χ2n) is 6.69. The van der Waals surface area contributed by atoms with Crippen molar-refractivity contribution in [3.63, 3.8) is 0 Å². The van der Waals surface area contributed by atoms with Crippen LogP contribution in [0.5, 0.6) is 0 Å². The first-order chi connectivity index (χ1) is 14.7. The molecule has 2 aromatic heterocycles. The molecule has 0 radical (unpaired) electrons. The minimum Gasteiger partial charge on any atom is -0.462 e. The number of esters is 1. The number of hydrogen-bond donors (Lipinski definition) is 2. The number of carbonyl (C=O) groups excluding carboxylic acids is 1.